The fraction of sp³-hybridized carbons (Fsp3) is 0.185. The topological polar surface area (TPSA) is 42.3 Å². The molecule has 0 amide bonds. The average Bonchev–Trinajstić information content (AvgIpc) is 3.34. The Bertz CT molecular complexity index is 1350. The van der Waals surface area contributed by atoms with Crippen LogP contribution in [0.15, 0.2) is 83.5 Å². The molecule has 0 unspecified atom stereocenters. The van der Waals surface area contributed by atoms with Crippen LogP contribution in [0.1, 0.15) is 34.7 Å². The number of rotatable bonds is 5. The lowest BCUT2D eigenvalue weighted by molar-refractivity contribution is 0.414. The zero-order valence-corrected chi connectivity index (χ0v) is 21.6. The fourth-order valence-electron chi connectivity index (χ4n) is 4.86. The number of hydrogen-bond donors (Lipinski definition) is 1. The molecular formula is C27H25BrN4OS. The molecule has 1 aliphatic heterocycles. The third-order valence-electron chi connectivity index (χ3n) is 6.30. The number of nitrogens with zero attached hydrogens (tertiary/aromatic N) is 3. The van der Waals surface area contributed by atoms with Crippen LogP contribution in [0.2, 0.25) is 0 Å². The van der Waals surface area contributed by atoms with E-state index in [0.717, 1.165) is 38.7 Å². The van der Waals surface area contributed by atoms with Gasteiger partial charge in [0.15, 0.2) is 5.11 Å². The summed E-state index contributed by atoms with van der Waals surface area (Å²) in [5.41, 5.74) is 6.49. The van der Waals surface area contributed by atoms with Gasteiger partial charge < -0.3 is 19.5 Å². The molecule has 1 fully saturated rings. The van der Waals surface area contributed by atoms with E-state index in [1.54, 1.807) is 7.11 Å². The lowest BCUT2D eigenvalue weighted by Crippen LogP contribution is -2.30. The number of ether oxygens (including phenoxy) is 1. The summed E-state index contributed by atoms with van der Waals surface area (Å²) in [6, 6.07) is 24.4. The first kappa shape index (κ1) is 22.6. The second-order valence-corrected chi connectivity index (χ2v) is 9.61. The van der Waals surface area contributed by atoms with Gasteiger partial charge in [0, 0.05) is 27.7 Å². The number of anilines is 1. The van der Waals surface area contributed by atoms with Gasteiger partial charge in [0.2, 0.25) is 0 Å². The smallest absolute Gasteiger partial charge is 0.174 e. The minimum atomic E-state index is -0.116. The molecule has 0 radical (unpaired) electrons. The molecule has 0 bridgehead atoms. The zero-order valence-electron chi connectivity index (χ0n) is 19.2. The number of para-hydroxylation sites is 2. The molecule has 2 atom stereocenters. The van der Waals surface area contributed by atoms with Crippen LogP contribution in [0.25, 0.3) is 5.69 Å². The minimum absolute atomic E-state index is 0.106. The molecule has 2 aromatic carbocycles. The van der Waals surface area contributed by atoms with Crippen molar-refractivity contribution in [2.45, 2.75) is 25.9 Å². The van der Waals surface area contributed by atoms with E-state index in [1.807, 2.05) is 54.7 Å². The Kier molecular flexibility index (Phi) is 6.15. The Morgan fingerprint density at radius 2 is 1.79 bits per heavy atom. The Hall–Kier alpha value is -3.16. The SMILES string of the molecule is COc1ccccc1N1C(=S)N[C@@H](c2ccccn2)[C@@H]1c1cc(C)n(-c2cccc(Br)c2)c1C. The lowest BCUT2D eigenvalue weighted by atomic mass is 9.96. The highest BCUT2D eigenvalue weighted by Crippen LogP contribution is 2.46. The number of pyridine rings is 1. The van der Waals surface area contributed by atoms with Gasteiger partial charge in [-0.2, -0.15) is 0 Å². The minimum Gasteiger partial charge on any atom is -0.495 e. The molecule has 5 nitrogen and oxygen atoms in total. The molecule has 34 heavy (non-hydrogen) atoms. The van der Waals surface area contributed by atoms with Crippen LogP contribution in [0.5, 0.6) is 5.75 Å². The molecular weight excluding hydrogens is 508 g/mol. The van der Waals surface area contributed by atoms with Crippen LogP contribution in [0, 0.1) is 13.8 Å². The predicted octanol–water partition coefficient (Wildman–Crippen LogP) is 6.44. The van der Waals surface area contributed by atoms with Gasteiger partial charge in [0.25, 0.3) is 0 Å². The van der Waals surface area contributed by atoms with Crippen molar-refractivity contribution in [3.63, 3.8) is 0 Å². The van der Waals surface area contributed by atoms with Crippen LogP contribution in [-0.4, -0.2) is 21.8 Å². The number of thiocarbonyl (C=S) groups is 1. The Labute approximate surface area is 213 Å². The van der Waals surface area contributed by atoms with Gasteiger partial charge in [-0.1, -0.05) is 40.2 Å². The average molecular weight is 533 g/mol. The van der Waals surface area contributed by atoms with E-state index >= 15 is 0 Å². The standard InChI is InChI=1S/C27H25BrN4OS/c1-17-15-21(18(2)31(17)20-10-8-9-19(28)16-20)26-25(22-11-6-7-14-29-22)30-27(34)32(26)23-12-4-5-13-24(23)33-3/h4-16,25-26H,1-3H3,(H,30,34)/t25-,26-/m0/s1. The fourth-order valence-corrected chi connectivity index (χ4v) is 5.58. The summed E-state index contributed by atoms with van der Waals surface area (Å²) in [7, 11) is 1.69. The maximum absolute atomic E-state index is 5.90. The quantitative estimate of drug-likeness (QED) is 0.299. The largest absolute Gasteiger partial charge is 0.495 e. The number of hydrogen-bond acceptors (Lipinski definition) is 3. The van der Waals surface area contributed by atoms with Crippen molar-refractivity contribution >= 4 is 38.9 Å². The summed E-state index contributed by atoms with van der Waals surface area (Å²) in [6.45, 7) is 4.31. The van der Waals surface area contributed by atoms with Gasteiger partial charge in [0.1, 0.15) is 5.75 Å². The van der Waals surface area contributed by atoms with Gasteiger partial charge in [0.05, 0.1) is 30.6 Å². The van der Waals surface area contributed by atoms with Crippen molar-refractivity contribution in [2.75, 3.05) is 12.0 Å². The lowest BCUT2D eigenvalue weighted by Gasteiger charge is -2.29. The molecule has 0 spiro atoms. The third kappa shape index (κ3) is 3.89. The maximum Gasteiger partial charge on any atom is 0.174 e. The summed E-state index contributed by atoms with van der Waals surface area (Å²) >= 11 is 9.51. The van der Waals surface area contributed by atoms with Crippen LogP contribution in [0.3, 0.4) is 0 Å². The molecule has 1 aliphatic rings. The van der Waals surface area contributed by atoms with E-state index < -0.39 is 0 Å². The Morgan fingerprint density at radius 3 is 2.53 bits per heavy atom. The molecule has 0 aliphatic carbocycles. The second kappa shape index (κ2) is 9.24. The first-order valence-electron chi connectivity index (χ1n) is 11.1. The summed E-state index contributed by atoms with van der Waals surface area (Å²) in [6.07, 6.45) is 1.83. The van der Waals surface area contributed by atoms with E-state index in [4.69, 9.17) is 17.0 Å². The Balaban J connectivity index is 1.71. The number of aryl methyl sites for hydroxylation is 1. The maximum atomic E-state index is 5.90. The van der Waals surface area contributed by atoms with Crippen molar-refractivity contribution in [2.24, 2.45) is 0 Å². The van der Waals surface area contributed by atoms with Crippen molar-refractivity contribution in [3.05, 3.63) is 106 Å². The summed E-state index contributed by atoms with van der Waals surface area (Å²) < 4.78 is 9.05. The van der Waals surface area contributed by atoms with Crippen LogP contribution in [0.4, 0.5) is 5.69 Å². The molecule has 7 heteroatoms. The molecule has 0 saturated carbocycles. The second-order valence-electron chi connectivity index (χ2n) is 8.31. The van der Waals surface area contributed by atoms with E-state index in [2.05, 4.69) is 73.8 Å². The molecule has 4 aromatic rings. The first-order valence-corrected chi connectivity index (χ1v) is 12.3. The molecule has 5 rings (SSSR count). The number of aromatic nitrogens is 2. The molecule has 1 N–H and O–H groups in total. The van der Waals surface area contributed by atoms with Crippen molar-refractivity contribution < 1.29 is 4.74 Å². The monoisotopic (exact) mass is 532 g/mol. The first-order chi connectivity index (χ1) is 16.5. The van der Waals surface area contributed by atoms with E-state index in [9.17, 15) is 0 Å². The van der Waals surface area contributed by atoms with Gasteiger partial charge >= 0.3 is 0 Å². The molecule has 172 valence electrons. The summed E-state index contributed by atoms with van der Waals surface area (Å²) in [5, 5.41) is 4.20. The predicted molar refractivity (Wildman–Crippen MR) is 144 cm³/mol. The third-order valence-corrected chi connectivity index (χ3v) is 7.11. The number of nitrogens with one attached hydrogen (secondary N) is 1. The van der Waals surface area contributed by atoms with Gasteiger partial charge in [-0.25, -0.2) is 0 Å². The van der Waals surface area contributed by atoms with E-state index in [-0.39, 0.29) is 12.1 Å². The van der Waals surface area contributed by atoms with E-state index in [0.29, 0.717) is 5.11 Å². The van der Waals surface area contributed by atoms with Crippen LogP contribution in [-0.2, 0) is 0 Å². The van der Waals surface area contributed by atoms with Crippen molar-refractivity contribution in [1.29, 1.82) is 0 Å². The normalized spacial score (nSPS) is 17.6. The number of methoxy groups -OCH3 is 1. The van der Waals surface area contributed by atoms with Crippen molar-refractivity contribution in [1.82, 2.24) is 14.9 Å². The number of benzene rings is 2. The summed E-state index contributed by atoms with van der Waals surface area (Å²) in [4.78, 5) is 6.84. The highest BCUT2D eigenvalue weighted by molar-refractivity contribution is 9.10. The van der Waals surface area contributed by atoms with Crippen LogP contribution >= 0.6 is 28.1 Å². The van der Waals surface area contributed by atoms with E-state index in [1.165, 1.54) is 5.56 Å². The molecule has 1 saturated heterocycles. The zero-order chi connectivity index (χ0) is 23.8. The highest BCUT2D eigenvalue weighted by atomic mass is 79.9. The Morgan fingerprint density at radius 1 is 1.00 bits per heavy atom. The van der Waals surface area contributed by atoms with Gasteiger partial charge in [-0.15, -0.1) is 0 Å². The van der Waals surface area contributed by atoms with Gasteiger partial charge in [-0.3, -0.25) is 4.98 Å². The molecule has 2 aromatic heterocycles. The van der Waals surface area contributed by atoms with Gasteiger partial charge in [-0.05, 0) is 80.2 Å². The summed E-state index contributed by atoms with van der Waals surface area (Å²) in [5.74, 6) is 0.777. The van der Waals surface area contributed by atoms with Crippen molar-refractivity contribution in [3.8, 4) is 11.4 Å². The highest BCUT2D eigenvalue weighted by Gasteiger charge is 2.43. The molecule has 3 heterocycles. The van der Waals surface area contributed by atoms with Crippen LogP contribution < -0.4 is 15.0 Å². The number of halogens is 1.